The van der Waals surface area contributed by atoms with Crippen LogP contribution in [0.25, 0.3) is 6.08 Å². The lowest BCUT2D eigenvalue weighted by molar-refractivity contribution is -0.111. The average molecular weight is 356 g/mol. The van der Waals surface area contributed by atoms with Crippen molar-refractivity contribution in [2.24, 2.45) is 0 Å². The predicted octanol–water partition coefficient (Wildman–Crippen LogP) is 4.30. The minimum absolute atomic E-state index is 0.265. The SMILES string of the molecule is CN(Cc1cccc(NC(=O)/C=C/c2ccco2)c1)C(=O)OC(C)(C)C. The van der Waals surface area contributed by atoms with Gasteiger partial charge in [0.2, 0.25) is 5.91 Å². The van der Waals surface area contributed by atoms with Crippen molar-refractivity contribution in [3.05, 3.63) is 60.1 Å². The first kappa shape index (κ1) is 19.3. The molecule has 0 saturated carbocycles. The van der Waals surface area contributed by atoms with Gasteiger partial charge in [0.25, 0.3) is 0 Å². The Bertz CT molecular complexity index is 773. The summed E-state index contributed by atoms with van der Waals surface area (Å²) in [6.07, 6.45) is 4.14. The van der Waals surface area contributed by atoms with E-state index in [0.29, 0.717) is 18.0 Å². The van der Waals surface area contributed by atoms with Gasteiger partial charge >= 0.3 is 6.09 Å². The Morgan fingerprint density at radius 2 is 2.00 bits per heavy atom. The second-order valence-corrected chi connectivity index (χ2v) is 6.87. The van der Waals surface area contributed by atoms with E-state index in [2.05, 4.69) is 5.32 Å². The molecular weight excluding hydrogens is 332 g/mol. The maximum absolute atomic E-state index is 12.0. The van der Waals surface area contributed by atoms with Crippen LogP contribution in [0.4, 0.5) is 10.5 Å². The maximum atomic E-state index is 12.0. The number of ether oxygens (including phenoxy) is 1. The highest BCUT2D eigenvalue weighted by Gasteiger charge is 2.19. The zero-order chi connectivity index (χ0) is 19.2. The van der Waals surface area contributed by atoms with Crippen molar-refractivity contribution in [3.63, 3.8) is 0 Å². The van der Waals surface area contributed by atoms with Crippen molar-refractivity contribution < 1.29 is 18.7 Å². The summed E-state index contributed by atoms with van der Waals surface area (Å²) in [5.41, 5.74) is 0.988. The van der Waals surface area contributed by atoms with Crippen LogP contribution < -0.4 is 5.32 Å². The Hall–Kier alpha value is -3.02. The molecule has 2 amide bonds. The molecule has 0 saturated heterocycles. The summed E-state index contributed by atoms with van der Waals surface area (Å²) in [5.74, 6) is 0.340. The molecule has 1 heterocycles. The smallest absolute Gasteiger partial charge is 0.410 e. The monoisotopic (exact) mass is 356 g/mol. The van der Waals surface area contributed by atoms with Crippen molar-refractivity contribution in [1.82, 2.24) is 4.90 Å². The van der Waals surface area contributed by atoms with Crippen LogP contribution in [0.2, 0.25) is 0 Å². The van der Waals surface area contributed by atoms with Gasteiger partial charge in [-0.05, 0) is 56.7 Å². The lowest BCUT2D eigenvalue weighted by atomic mass is 10.2. The average Bonchev–Trinajstić information content (AvgIpc) is 3.05. The Kier molecular flexibility index (Phi) is 6.22. The third kappa shape index (κ3) is 6.47. The molecule has 0 aliphatic rings. The highest BCUT2D eigenvalue weighted by Crippen LogP contribution is 2.15. The van der Waals surface area contributed by atoms with Crippen molar-refractivity contribution in [1.29, 1.82) is 0 Å². The first-order valence-electron chi connectivity index (χ1n) is 8.28. The fraction of sp³-hybridized carbons (Fsp3) is 0.300. The number of anilines is 1. The van der Waals surface area contributed by atoms with E-state index in [4.69, 9.17) is 9.15 Å². The first-order chi connectivity index (χ1) is 12.2. The third-order valence-electron chi connectivity index (χ3n) is 3.26. The maximum Gasteiger partial charge on any atom is 0.410 e. The molecular formula is C20H24N2O4. The Balaban J connectivity index is 1.94. The van der Waals surface area contributed by atoms with Crippen LogP contribution in [0, 0.1) is 0 Å². The first-order valence-corrected chi connectivity index (χ1v) is 8.28. The molecule has 0 atom stereocenters. The molecule has 0 unspecified atom stereocenters. The third-order valence-corrected chi connectivity index (χ3v) is 3.26. The van der Waals surface area contributed by atoms with Gasteiger partial charge in [-0.15, -0.1) is 0 Å². The number of nitrogens with zero attached hydrogens (tertiary/aromatic N) is 1. The van der Waals surface area contributed by atoms with Crippen molar-refractivity contribution in [3.8, 4) is 0 Å². The van der Waals surface area contributed by atoms with Gasteiger partial charge in [-0.1, -0.05) is 12.1 Å². The fourth-order valence-corrected chi connectivity index (χ4v) is 2.15. The Morgan fingerprint density at radius 1 is 1.23 bits per heavy atom. The van der Waals surface area contributed by atoms with E-state index in [-0.39, 0.29) is 5.91 Å². The number of carbonyl (C=O) groups is 2. The number of rotatable bonds is 5. The molecule has 0 fully saturated rings. The zero-order valence-corrected chi connectivity index (χ0v) is 15.5. The molecule has 2 aromatic rings. The van der Waals surface area contributed by atoms with E-state index < -0.39 is 11.7 Å². The van der Waals surface area contributed by atoms with Crippen LogP contribution in [0.1, 0.15) is 32.1 Å². The molecule has 1 aromatic carbocycles. The number of furan rings is 1. The molecule has 0 bridgehead atoms. The summed E-state index contributed by atoms with van der Waals surface area (Å²) in [6.45, 7) is 5.85. The van der Waals surface area contributed by atoms with Gasteiger partial charge < -0.3 is 19.4 Å². The van der Waals surface area contributed by atoms with Crippen LogP contribution in [-0.4, -0.2) is 29.5 Å². The molecule has 6 heteroatoms. The van der Waals surface area contributed by atoms with Gasteiger partial charge in [0.1, 0.15) is 11.4 Å². The Morgan fingerprint density at radius 3 is 2.65 bits per heavy atom. The minimum Gasteiger partial charge on any atom is -0.465 e. The van der Waals surface area contributed by atoms with E-state index in [1.165, 1.54) is 11.0 Å². The topological polar surface area (TPSA) is 71.8 Å². The van der Waals surface area contributed by atoms with E-state index in [0.717, 1.165) is 5.56 Å². The summed E-state index contributed by atoms with van der Waals surface area (Å²) >= 11 is 0. The fourth-order valence-electron chi connectivity index (χ4n) is 2.15. The van der Waals surface area contributed by atoms with Crippen molar-refractivity contribution in [2.75, 3.05) is 12.4 Å². The number of hydrogen-bond acceptors (Lipinski definition) is 4. The van der Waals surface area contributed by atoms with Gasteiger partial charge in [-0.2, -0.15) is 0 Å². The van der Waals surface area contributed by atoms with Crippen molar-refractivity contribution in [2.45, 2.75) is 32.9 Å². The van der Waals surface area contributed by atoms with Crippen molar-refractivity contribution >= 4 is 23.8 Å². The molecule has 0 spiro atoms. The summed E-state index contributed by atoms with van der Waals surface area (Å²) in [4.78, 5) is 25.5. The lowest BCUT2D eigenvalue weighted by Crippen LogP contribution is -2.33. The summed E-state index contributed by atoms with van der Waals surface area (Å²) in [7, 11) is 1.67. The van der Waals surface area contributed by atoms with Gasteiger partial charge in [0, 0.05) is 25.4 Å². The van der Waals surface area contributed by atoms with Crippen LogP contribution >= 0.6 is 0 Å². The Labute approximate surface area is 153 Å². The number of benzene rings is 1. The van der Waals surface area contributed by atoms with Crippen LogP contribution in [0.3, 0.4) is 0 Å². The largest absolute Gasteiger partial charge is 0.465 e. The quantitative estimate of drug-likeness (QED) is 0.811. The van der Waals surface area contributed by atoms with E-state index in [1.807, 2.05) is 39.0 Å². The standard InChI is InChI=1S/C20H24N2O4/c1-20(2,3)26-19(24)22(4)14-15-7-5-8-16(13-15)21-18(23)11-10-17-9-6-12-25-17/h5-13H,14H2,1-4H3,(H,21,23)/b11-10+. The van der Waals surface area contributed by atoms with Crippen LogP contribution in [0.5, 0.6) is 0 Å². The molecule has 0 radical (unpaired) electrons. The molecule has 0 aliphatic heterocycles. The molecule has 0 aliphatic carbocycles. The normalized spacial score (nSPS) is 11.4. The molecule has 2 rings (SSSR count). The zero-order valence-electron chi connectivity index (χ0n) is 15.5. The molecule has 1 aromatic heterocycles. The van der Waals surface area contributed by atoms with Gasteiger partial charge in [-0.25, -0.2) is 4.79 Å². The number of hydrogen-bond donors (Lipinski definition) is 1. The number of carbonyl (C=O) groups excluding carboxylic acids is 2. The van der Waals surface area contributed by atoms with Crippen LogP contribution in [-0.2, 0) is 16.1 Å². The second kappa shape index (κ2) is 8.38. The van der Waals surface area contributed by atoms with E-state index in [9.17, 15) is 9.59 Å². The van der Waals surface area contributed by atoms with Crippen LogP contribution in [0.15, 0.2) is 53.2 Å². The predicted molar refractivity (Wildman–Crippen MR) is 101 cm³/mol. The molecule has 1 N–H and O–H groups in total. The second-order valence-electron chi connectivity index (χ2n) is 6.87. The lowest BCUT2D eigenvalue weighted by Gasteiger charge is -2.24. The number of nitrogens with one attached hydrogen (secondary N) is 1. The summed E-state index contributed by atoms with van der Waals surface area (Å²) in [6, 6.07) is 10.8. The highest BCUT2D eigenvalue weighted by atomic mass is 16.6. The van der Waals surface area contributed by atoms with E-state index in [1.54, 1.807) is 37.6 Å². The minimum atomic E-state index is -0.540. The van der Waals surface area contributed by atoms with Gasteiger partial charge in [-0.3, -0.25) is 4.79 Å². The number of amides is 2. The van der Waals surface area contributed by atoms with Gasteiger partial charge in [0.15, 0.2) is 0 Å². The van der Waals surface area contributed by atoms with Gasteiger partial charge in [0.05, 0.1) is 6.26 Å². The molecule has 6 nitrogen and oxygen atoms in total. The molecule has 26 heavy (non-hydrogen) atoms. The van der Waals surface area contributed by atoms with E-state index >= 15 is 0 Å². The highest BCUT2D eigenvalue weighted by molar-refractivity contribution is 6.01. The summed E-state index contributed by atoms with van der Waals surface area (Å²) in [5, 5.41) is 2.78. The molecule has 138 valence electrons. The summed E-state index contributed by atoms with van der Waals surface area (Å²) < 4.78 is 10.5.